The largest absolute Gasteiger partial charge is 0.334 e. The third-order valence-corrected chi connectivity index (χ3v) is 4.03. The maximum atomic E-state index is 12.1. The van der Waals surface area contributed by atoms with Crippen LogP contribution in [0.4, 0.5) is 4.79 Å². The van der Waals surface area contributed by atoms with Crippen LogP contribution in [-0.4, -0.2) is 31.1 Å². The first kappa shape index (κ1) is 15.5. The van der Waals surface area contributed by atoms with Crippen LogP contribution in [0, 0.1) is 0 Å². The number of carbonyl (C=O) groups is 2. The normalized spacial score (nSPS) is 17.0. The predicted molar refractivity (Wildman–Crippen MR) is 80.8 cm³/mol. The molecule has 5 nitrogen and oxygen atoms in total. The van der Waals surface area contributed by atoms with Crippen molar-refractivity contribution in [3.05, 3.63) is 35.9 Å². The van der Waals surface area contributed by atoms with E-state index in [-0.39, 0.29) is 11.9 Å². The van der Waals surface area contributed by atoms with Crippen molar-refractivity contribution in [2.24, 2.45) is 0 Å². The molecule has 1 aliphatic heterocycles. The van der Waals surface area contributed by atoms with E-state index in [1.807, 2.05) is 37.3 Å². The fraction of sp³-hybridized carbons (Fsp3) is 0.500. The second kappa shape index (κ2) is 7.78. The molecule has 5 heteroatoms. The third kappa shape index (κ3) is 4.86. The summed E-state index contributed by atoms with van der Waals surface area (Å²) in [6.07, 6.45) is 3.57. The number of likely N-dealkylation sites (tertiary alicyclic amines) is 1. The van der Waals surface area contributed by atoms with E-state index in [0.29, 0.717) is 6.54 Å². The van der Waals surface area contributed by atoms with E-state index in [1.165, 1.54) is 11.3 Å². The highest BCUT2D eigenvalue weighted by atomic mass is 16.2. The molecule has 1 aromatic rings. The second-order valence-electron chi connectivity index (χ2n) is 5.60. The molecule has 21 heavy (non-hydrogen) atoms. The Morgan fingerprint density at radius 1 is 1.14 bits per heavy atom. The van der Waals surface area contributed by atoms with Crippen molar-refractivity contribution in [3.8, 4) is 0 Å². The number of piperidine rings is 1. The lowest BCUT2D eigenvalue weighted by molar-refractivity contribution is -0.918. The number of benzene rings is 1. The standard InChI is InChI=1S/C16H23N3O2/c1-13(19-10-6-3-7-11-19)15(20)18-16(21)17-12-14-8-4-2-5-9-14/h2,4-5,8-9,13H,3,6-7,10-12H2,1H3,(H2,17,18,20,21)/p+1/t13-/m1/s1. The number of nitrogens with one attached hydrogen (secondary N) is 3. The topological polar surface area (TPSA) is 62.6 Å². The van der Waals surface area contributed by atoms with E-state index in [4.69, 9.17) is 0 Å². The molecule has 1 aromatic carbocycles. The van der Waals surface area contributed by atoms with Gasteiger partial charge >= 0.3 is 6.03 Å². The van der Waals surface area contributed by atoms with Crippen LogP contribution >= 0.6 is 0 Å². The first-order valence-corrected chi connectivity index (χ1v) is 7.64. The van der Waals surface area contributed by atoms with Gasteiger partial charge in [0.15, 0.2) is 6.04 Å². The summed E-state index contributed by atoms with van der Waals surface area (Å²) in [5, 5.41) is 5.14. The SMILES string of the molecule is C[C@H](C(=O)NC(=O)NCc1ccccc1)[NH+]1CCCCC1. The van der Waals surface area contributed by atoms with Gasteiger partial charge in [-0.1, -0.05) is 30.3 Å². The van der Waals surface area contributed by atoms with Crippen molar-refractivity contribution in [2.75, 3.05) is 13.1 Å². The summed E-state index contributed by atoms with van der Waals surface area (Å²) in [5.41, 5.74) is 1.01. The summed E-state index contributed by atoms with van der Waals surface area (Å²) >= 11 is 0. The van der Waals surface area contributed by atoms with Crippen LogP contribution in [0.5, 0.6) is 0 Å². The van der Waals surface area contributed by atoms with Crippen LogP contribution in [0.3, 0.4) is 0 Å². The van der Waals surface area contributed by atoms with Crippen LogP contribution in [0.2, 0.25) is 0 Å². The third-order valence-electron chi connectivity index (χ3n) is 4.03. The Balaban J connectivity index is 1.75. The molecule has 3 N–H and O–H groups in total. The summed E-state index contributed by atoms with van der Waals surface area (Å²) in [5.74, 6) is -0.197. The fourth-order valence-electron chi connectivity index (χ4n) is 2.67. The maximum absolute atomic E-state index is 12.1. The molecule has 1 heterocycles. The molecule has 0 aromatic heterocycles. The molecule has 3 amide bonds. The van der Waals surface area contributed by atoms with Crippen LogP contribution in [0.25, 0.3) is 0 Å². The minimum absolute atomic E-state index is 0.173. The average Bonchev–Trinajstić information content (AvgIpc) is 2.54. The van der Waals surface area contributed by atoms with E-state index in [1.54, 1.807) is 0 Å². The Kier molecular flexibility index (Phi) is 5.75. The molecule has 1 saturated heterocycles. The van der Waals surface area contributed by atoms with Gasteiger partial charge in [0.25, 0.3) is 5.91 Å². The van der Waals surface area contributed by atoms with Crippen LogP contribution in [0.15, 0.2) is 30.3 Å². The Labute approximate surface area is 125 Å². The number of hydrogen-bond acceptors (Lipinski definition) is 2. The Bertz CT molecular complexity index is 470. The van der Waals surface area contributed by atoms with E-state index in [2.05, 4.69) is 10.6 Å². The zero-order valence-electron chi connectivity index (χ0n) is 12.5. The molecule has 2 rings (SSSR count). The lowest BCUT2D eigenvalue weighted by atomic mass is 10.1. The summed E-state index contributed by atoms with van der Waals surface area (Å²) in [6, 6.07) is 9.03. The first-order chi connectivity index (χ1) is 10.2. The van der Waals surface area contributed by atoms with Crippen LogP contribution < -0.4 is 15.5 Å². The minimum Gasteiger partial charge on any atom is -0.334 e. The molecule has 1 fully saturated rings. The molecular weight excluding hydrogens is 266 g/mol. The van der Waals surface area contributed by atoms with Crippen molar-refractivity contribution in [3.63, 3.8) is 0 Å². The minimum atomic E-state index is -0.424. The van der Waals surface area contributed by atoms with E-state index < -0.39 is 6.03 Å². The molecule has 0 aliphatic carbocycles. The highest BCUT2D eigenvalue weighted by Crippen LogP contribution is 1.97. The monoisotopic (exact) mass is 290 g/mol. The number of hydrogen-bond donors (Lipinski definition) is 3. The van der Waals surface area contributed by atoms with Crippen LogP contribution in [0.1, 0.15) is 31.7 Å². The first-order valence-electron chi connectivity index (χ1n) is 7.64. The number of quaternary nitrogens is 1. The fourth-order valence-corrected chi connectivity index (χ4v) is 2.67. The number of imide groups is 1. The zero-order valence-corrected chi connectivity index (χ0v) is 12.5. The molecule has 114 valence electrons. The predicted octanol–water partition coefficient (Wildman–Crippen LogP) is 0.470. The smallest absolute Gasteiger partial charge is 0.321 e. The Hall–Kier alpha value is -1.88. The molecule has 0 bridgehead atoms. The van der Waals surface area contributed by atoms with Gasteiger partial charge in [-0.2, -0.15) is 0 Å². The average molecular weight is 290 g/mol. The van der Waals surface area contributed by atoms with Gasteiger partial charge in [-0.15, -0.1) is 0 Å². The van der Waals surface area contributed by atoms with Crippen molar-refractivity contribution in [1.82, 2.24) is 10.6 Å². The number of amides is 3. The molecule has 0 unspecified atom stereocenters. The van der Waals surface area contributed by atoms with Crippen molar-refractivity contribution < 1.29 is 14.5 Å². The second-order valence-corrected chi connectivity index (χ2v) is 5.60. The lowest BCUT2D eigenvalue weighted by Crippen LogP contribution is -3.17. The highest BCUT2D eigenvalue weighted by Gasteiger charge is 2.27. The van der Waals surface area contributed by atoms with Gasteiger partial charge in [0.2, 0.25) is 0 Å². The summed E-state index contributed by atoms with van der Waals surface area (Å²) in [6.45, 7) is 4.34. The molecule has 0 spiro atoms. The maximum Gasteiger partial charge on any atom is 0.321 e. The van der Waals surface area contributed by atoms with Gasteiger partial charge in [0.1, 0.15) is 0 Å². The number of rotatable bonds is 4. The number of carbonyl (C=O) groups excluding carboxylic acids is 2. The molecule has 0 radical (unpaired) electrons. The van der Waals surface area contributed by atoms with Gasteiger partial charge in [0, 0.05) is 6.54 Å². The number of urea groups is 1. The van der Waals surface area contributed by atoms with Crippen molar-refractivity contribution >= 4 is 11.9 Å². The summed E-state index contributed by atoms with van der Waals surface area (Å²) in [4.78, 5) is 25.1. The van der Waals surface area contributed by atoms with Gasteiger partial charge < -0.3 is 10.2 Å². The molecule has 1 aliphatic rings. The lowest BCUT2D eigenvalue weighted by Gasteiger charge is -2.28. The molecule has 0 saturated carbocycles. The van der Waals surface area contributed by atoms with Crippen molar-refractivity contribution in [1.29, 1.82) is 0 Å². The van der Waals surface area contributed by atoms with E-state index in [9.17, 15) is 9.59 Å². The zero-order chi connectivity index (χ0) is 15.1. The van der Waals surface area contributed by atoms with Gasteiger partial charge in [-0.3, -0.25) is 10.1 Å². The molecule has 1 atom stereocenters. The van der Waals surface area contributed by atoms with Gasteiger partial charge in [0.05, 0.1) is 13.1 Å². The van der Waals surface area contributed by atoms with E-state index in [0.717, 1.165) is 31.5 Å². The highest BCUT2D eigenvalue weighted by molar-refractivity contribution is 5.96. The molecular formula is C16H24N3O2+. The summed E-state index contributed by atoms with van der Waals surface area (Å²) in [7, 11) is 0. The quantitative estimate of drug-likeness (QED) is 0.755. The van der Waals surface area contributed by atoms with Crippen molar-refractivity contribution in [2.45, 2.75) is 38.8 Å². The van der Waals surface area contributed by atoms with E-state index >= 15 is 0 Å². The Morgan fingerprint density at radius 2 is 1.81 bits per heavy atom. The van der Waals surface area contributed by atoms with Gasteiger partial charge in [-0.05, 0) is 31.7 Å². The van der Waals surface area contributed by atoms with Crippen LogP contribution in [-0.2, 0) is 11.3 Å². The Morgan fingerprint density at radius 3 is 2.48 bits per heavy atom. The summed E-state index contributed by atoms with van der Waals surface area (Å²) < 4.78 is 0. The van der Waals surface area contributed by atoms with Gasteiger partial charge in [-0.25, -0.2) is 4.79 Å².